The third kappa shape index (κ3) is 4.70. The molecule has 96 valence electrons. The molecule has 3 N–H and O–H groups in total. The van der Waals surface area contributed by atoms with Crippen LogP contribution in [-0.4, -0.2) is 0 Å². The Bertz CT molecular complexity index is 355. The molecule has 0 fully saturated rings. The topological polar surface area (TPSA) is 38.0 Å². The van der Waals surface area contributed by atoms with Gasteiger partial charge in [-0.05, 0) is 36.1 Å². The molecule has 0 aliphatic heterocycles. The zero-order valence-corrected chi connectivity index (χ0v) is 13.5. The van der Waals surface area contributed by atoms with Gasteiger partial charge in [0, 0.05) is 15.0 Å². The van der Waals surface area contributed by atoms with Crippen molar-refractivity contribution in [3.8, 4) is 0 Å². The Hall–Kier alpha value is 0.1000. The van der Waals surface area contributed by atoms with Gasteiger partial charge in [0.15, 0.2) is 0 Å². The molecule has 0 aliphatic carbocycles. The summed E-state index contributed by atoms with van der Waals surface area (Å²) in [4.78, 5) is 0. The van der Waals surface area contributed by atoms with Crippen LogP contribution in [0.2, 0.25) is 0 Å². The van der Waals surface area contributed by atoms with E-state index in [0.29, 0.717) is 5.92 Å². The maximum atomic E-state index is 5.68. The molecule has 0 saturated carbocycles. The van der Waals surface area contributed by atoms with Gasteiger partial charge in [-0.3, -0.25) is 11.3 Å². The maximum Gasteiger partial charge on any atom is 0.0474 e. The van der Waals surface area contributed by atoms with E-state index in [-0.39, 0.29) is 6.04 Å². The van der Waals surface area contributed by atoms with Crippen molar-refractivity contribution >= 4 is 31.9 Å². The Morgan fingerprint density at radius 2 is 2.06 bits per heavy atom. The average Bonchev–Trinajstić information content (AvgIpc) is 2.30. The number of halogens is 2. The Labute approximate surface area is 121 Å². The van der Waals surface area contributed by atoms with Crippen LogP contribution in [0.5, 0.6) is 0 Å². The fourth-order valence-corrected chi connectivity index (χ4v) is 2.98. The van der Waals surface area contributed by atoms with E-state index in [1.165, 1.54) is 18.4 Å². The first-order valence-electron chi connectivity index (χ1n) is 5.99. The Balaban J connectivity index is 2.82. The third-order valence-electron chi connectivity index (χ3n) is 2.95. The fourth-order valence-electron chi connectivity index (χ4n) is 2.08. The number of rotatable bonds is 6. The molecule has 0 aromatic heterocycles. The van der Waals surface area contributed by atoms with E-state index in [1.807, 2.05) is 12.1 Å². The molecule has 0 aliphatic rings. The van der Waals surface area contributed by atoms with Crippen LogP contribution in [0.3, 0.4) is 0 Å². The van der Waals surface area contributed by atoms with Crippen molar-refractivity contribution in [1.29, 1.82) is 0 Å². The molecule has 2 atom stereocenters. The predicted octanol–water partition coefficient (Wildman–Crippen LogP) is 4.54. The van der Waals surface area contributed by atoms with Gasteiger partial charge in [0.05, 0.1) is 0 Å². The first kappa shape index (κ1) is 15.2. The van der Waals surface area contributed by atoms with Gasteiger partial charge < -0.3 is 0 Å². The summed E-state index contributed by atoms with van der Waals surface area (Å²) in [6.45, 7) is 4.50. The number of hydrazine groups is 1. The minimum absolute atomic E-state index is 0.198. The van der Waals surface area contributed by atoms with Crippen LogP contribution in [0.1, 0.15) is 44.7 Å². The van der Waals surface area contributed by atoms with Gasteiger partial charge in [0.1, 0.15) is 0 Å². The summed E-state index contributed by atoms with van der Waals surface area (Å²) in [6, 6.07) is 6.39. The monoisotopic (exact) mass is 362 g/mol. The average molecular weight is 364 g/mol. The number of nitrogens with two attached hydrogens (primary N) is 1. The lowest BCUT2D eigenvalue weighted by Crippen LogP contribution is -2.29. The van der Waals surface area contributed by atoms with Crippen LogP contribution < -0.4 is 11.3 Å². The highest BCUT2D eigenvalue weighted by Gasteiger charge is 2.16. The molecule has 0 bridgehead atoms. The lowest BCUT2D eigenvalue weighted by molar-refractivity contribution is 0.394. The van der Waals surface area contributed by atoms with Crippen molar-refractivity contribution in [3.63, 3.8) is 0 Å². The molecule has 2 nitrogen and oxygen atoms in total. The highest BCUT2D eigenvalue weighted by atomic mass is 79.9. The predicted molar refractivity (Wildman–Crippen MR) is 80.6 cm³/mol. The zero-order chi connectivity index (χ0) is 12.8. The van der Waals surface area contributed by atoms with Crippen LogP contribution in [0.15, 0.2) is 27.1 Å². The first-order valence-corrected chi connectivity index (χ1v) is 7.58. The molecule has 4 heteroatoms. The molecule has 0 amide bonds. The summed E-state index contributed by atoms with van der Waals surface area (Å²) in [6.07, 6.45) is 3.52. The van der Waals surface area contributed by atoms with Crippen molar-refractivity contribution < 1.29 is 0 Å². The smallest absolute Gasteiger partial charge is 0.0474 e. The zero-order valence-electron chi connectivity index (χ0n) is 10.3. The van der Waals surface area contributed by atoms with Crippen LogP contribution in [0.25, 0.3) is 0 Å². The lowest BCUT2D eigenvalue weighted by atomic mass is 9.93. The fraction of sp³-hybridized carbons (Fsp3) is 0.538. The quantitative estimate of drug-likeness (QED) is 0.575. The van der Waals surface area contributed by atoms with E-state index in [4.69, 9.17) is 5.84 Å². The summed E-state index contributed by atoms with van der Waals surface area (Å²) in [5.74, 6) is 6.36. The molecule has 1 aromatic rings. The second-order valence-electron chi connectivity index (χ2n) is 4.51. The molecule has 0 heterocycles. The molecular weight excluding hydrogens is 344 g/mol. The highest BCUT2D eigenvalue weighted by molar-refractivity contribution is 9.11. The molecule has 1 rings (SSSR count). The number of hydrogen-bond donors (Lipinski definition) is 2. The summed E-state index contributed by atoms with van der Waals surface area (Å²) in [5, 5.41) is 0. The van der Waals surface area contributed by atoms with Crippen LogP contribution >= 0.6 is 31.9 Å². The van der Waals surface area contributed by atoms with E-state index >= 15 is 0 Å². The minimum Gasteiger partial charge on any atom is -0.271 e. The lowest BCUT2D eigenvalue weighted by Gasteiger charge is -2.21. The van der Waals surface area contributed by atoms with Gasteiger partial charge >= 0.3 is 0 Å². The molecule has 0 spiro atoms. The largest absolute Gasteiger partial charge is 0.271 e. The summed E-state index contributed by atoms with van der Waals surface area (Å²) in [5.41, 5.74) is 4.14. The van der Waals surface area contributed by atoms with Crippen molar-refractivity contribution in [2.75, 3.05) is 0 Å². The second kappa shape index (κ2) is 7.52. The SMILES string of the molecule is CCCC(C)CC(NN)c1cc(Br)ccc1Br. The molecule has 1 aromatic carbocycles. The molecular formula is C13H20Br2N2. The summed E-state index contributed by atoms with van der Waals surface area (Å²) in [7, 11) is 0. The Kier molecular flexibility index (Phi) is 6.70. The van der Waals surface area contributed by atoms with E-state index in [9.17, 15) is 0 Å². The van der Waals surface area contributed by atoms with Crippen molar-refractivity contribution in [1.82, 2.24) is 5.43 Å². The van der Waals surface area contributed by atoms with Gasteiger partial charge in [-0.15, -0.1) is 0 Å². The van der Waals surface area contributed by atoms with Gasteiger partial charge in [-0.25, -0.2) is 0 Å². The molecule has 0 radical (unpaired) electrons. The van der Waals surface area contributed by atoms with Gasteiger partial charge in [0.25, 0.3) is 0 Å². The van der Waals surface area contributed by atoms with Gasteiger partial charge in [-0.1, -0.05) is 58.5 Å². The highest BCUT2D eigenvalue weighted by Crippen LogP contribution is 2.31. The standard InChI is InChI=1S/C13H20Br2N2/c1-3-4-9(2)7-13(17-16)11-8-10(14)5-6-12(11)15/h5-6,8-9,13,17H,3-4,7,16H2,1-2H3. The number of hydrogen-bond acceptors (Lipinski definition) is 2. The summed E-state index contributed by atoms with van der Waals surface area (Å²) < 4.78 is 2.19. The number of nitrogens with one attached hydrogen (secondary N) is 1. The minimum atomic E-state index is 0.198. The molecule has 2 unspecified atom stereocenters. The van der Waals surface area contributed by atoms with Crippen molar-refractivity contribution in [2.24, 2.45) is 11.8 Å². The van der Waals surface area contributed by atoms with Crippen molar-refractivity contribution in [3.05, 3.63) is 32.7 Å². The van der Waals surface area contributed by atoms with E-state index in [2.05, 4.69) is 57.2 Å². The Morgan fingerprint density at radius 3 is 2.65 bits per heavy atom. The summed E-state index contributed by atoms with van der Waals surface area (Å²) >= 11 is 7.09. The van der Waals surface area contributed by atoms with Gasteiger partial charge in [0.2, 0.25) is 0 Å². The van der Waals surface area contributed by atoms with Crippen molar-refractivity contribution in [2.45, 2.75) is 39.2 Å². The van der Waals surface area contributed by atoms with Gasteiger partial charge in [-0.2, -0.15) is 0 Å². The van der Waals surface area contributed by atoms with E-state index in [0.717, 1.165) is 15.4 Å². The van der Waals surface area contributed by atoms with E-state index in [1.54, 1.807) is 0 Å². The molecule has 17 heavy (non-hydrogen) atoms. The third-order valence-corrected chi connectivity index (χ3v) is 4.17. The Morgan fingerprint density at radius 1 is 1.35 bits per heavy atom. The normalized spacial score (nSPS) is 14.6. The second-order valence-corrected chi connectivity index (χ2v) is 6.28. The molecule has 0 saturated heterocycles. The van der Waals surface area contributed by atoms with Crippen LogP contribution in [0.4, 0.5) is 0 Å². The van der Waals surface area contributed by atoms with Crippen LogP contribution in [-0.2, 0) is 0 Å². The van der Waals surface area contributed by atoms with E-state index < -0.39 is 0 Å². The van der Waals surface area contributed by atoms with Crippen LogP contribution in [0, 0.1) is 5.92 Å². The number of benzene rings is 1. The first-order chi connectivity index (χ1) is 8.08. The maximum absolute atomic E-state index is 5.68.